The number of amides is 1. The van der Waals surface area contributed by atoms with E-state index in [1.54, 1.807) is 0 Å². The summed E-state index contributed by atoms with van der Waals surface area (Å²) in [5.41, 5.74) is 2.47. The summed E-state index contributed by atoms with van der Waals surface area (Å²) in [5.74, 6) is 1.99. The summed E-state index contributed by atoms with van der Waals surface area (Å²) in [5, 5.41) is 0. The summed E-state index contributed by atoms with van der Waals surface area (Å²) in [6.07, 6.45) is 10.1. The highest BCUT2D eigenvalue weighted by molar-refractivity contribution is 5.95. The molecule has 4 saturated heterocycles. The number of benzene rings is 1. The summed E-state index contributed by atoms with van der Waals surface area (Å²) in [4.78, 5) is 19.6. The van der Waals surface area contributed by atoms with Gasteiger partial charge in [-0.25, -0.2) is 0 Å². The highest BCUT2D eigenvalue weighted by Crippen LogP contribution is 2.42. The third kappa shape index (κ3) is 3.86. The maximum Gasteiger partial charge on any atom is 0.227 e. The van der Waals surface area contributed by atoms with Crippen LogP contribution in [0.3, 0.4) is 0 Å². The topological polar surface area (TPSA) is 26.8 Å². The average Bonchev–Trinajstić information content (AvgIpc) is 3.17. The first-order chi connectivity index (χ1) is 14.2. The molecule has 1 aromatic carbocycles. The van der Waals surface area contributed by atoms with Crippen molar-refractivity contribution < 1.29 is 4.79 Å². The number of piperidine rings is 3. The second-order valence-corrected chi connectivity index (χ2v) is 9.92. The zero-order valence-electron chi connectivity index (χ0n) is 18.1. The lowest BCUT2D eigenvalue weighted by Crippen LogP contribution is -2.63. The van der Waals surface area contributed by atoms with Crippen molar-refractivity contribution in [3.8, 4) is 0 Å². The molecule has 4 aliphatic rings. The quantitative estimate of drug-likeness (QED) is 0.744. The van der Waals surface area contributed by atoms with Crippen LogP contribution in [0, 0.1) is 11.8 Å². The van der Waals surface area contributed by atoms with Gasteiger partial charge in [0, 0.05) is 50.4 Å². The van der Waals surface area contributed by atoms with E-state index < -0.39 is 0 Å². The summed E-state index contributed by atoms with van der Waals surface area (Å²) in [6, 6.07) is 10.5. The predicted octanol–water partition coefficient (Wildman–Crippen LogP) is 4.29. The van der Waals surface area contributed by atoms with Crippen molar-refractivity contribution in [2.45, 2.75) is 76.9 Å². The molecule has 4 atom stereocenters. The zero-order chi connectivity index (χ0) is 19.8. The highest BCUT2D eigenvalue weighted by atomic mass is 16.2. The smallest absolute Gasteiger partial charge is 0.227 e. The molecule has 5 rings (SSSR count). The van der Waals surface area contributed by atoms with Crippen molar-refractivity contribution in [1.29, 1.82) is 0 Å². The van der Waals surface area contributed by atoms with Crippen molar-refractivity contribution in [3.05, 3.63) is 29.8 Å². The van der Waals surface area contributed by atoms with Gasteiger partial charge in [0.25, 0.3) is 0 Å². The SMILES string of the molecule is CCC[C@H]1[C@H]2C[C@H](CN(Cc3ccc(N4CCCC4=O)cc3)C2)[C@@H]2CCCCN21. The van der Waals surface area contributed by atoms with Crippen molar-refractivity contribution in [3.63, 3.8) is 0 Å². The van der Waals surface area contributed by atoms with E-state index in [1.807, 2.05) is 4.90 Å². The molecule has 1 amide bonds. The van der Waals surface area contributed by atoms with Crippen LogP contribution < -0.4 is 4.90 Å². The molecule has 4 heteroatoms. The number of hydrogen-bond acceptors (Lipinski definition) is 3. The highest BCUT2D eigenvalue weighted by Gasteiger charge is 2.46. The van der Waals surface area contributed by atoms with Crippen molar-refractivity contribution in [2.75, 3.05) is 31.1 Å². The van der Waals surface area contributed by atoms with E-state index in [-0.39, 0.29) is 5.91 Å². The maximum atomic E-state index is 12.0. The molecule has 0 aliphatic carbocycles. The minimum atomic E-state index is 0.278. The molecule has 4 fully saturated rings. The van der Waals surface area contributed by atoms with Gasteiger partial charge in [-0.1, -0.05) is 31.9 Å². The Morgan fingerprint density at radius 1 is 1.00 bits per heavy atom. The summed E-state index contributed by atoms with van der Waals surface area (Å²) in [7, 11) is 0. The van der Waals surface area contributed by atoms with Gasteiger partial charge in [0.15, 0.2) is 0 Å². The summed E-state index contributed by atoms with van der Waals surface area (Å²) < 4.78 is 0. The molecule has 4 aliphatic heterocycles. The van der Waals surface area contributed by atoms with Crippen LogP contribution in [0.2, 0.25) is 0 Å². The van der Waals surface area contributed by atoms with Gasteiger partial charge in [0.2, 0.25) is 5.91 Å². The Kier molecular flexibility index (Phi) is 5.66. The lowest BCUT2D eigenvalue weighted by Gasteiger charge is -2.57. The first-order valence-electron chi connectivity index (χ1n) is 12.1. The van der Waals surface area contributed by atoms with Gasteiger partial charge >= 0.3 is 0 Å². The third-order valence-corrected chi connectivity index (χ3v) is 8.01. The fourth-order valence-electron chi connectivity index (χ4n) is 6.79. The maximum absolute atomic E-state index is 12.0. The number of rotatable bonds is 5. The normalized spacial score (nSPS) is 33.1. The Balaban J connectivity index is 1.27. The molecule has 2 bridgehead atoms. The molecule has 0 spiro atoms. The lowest BCUT2D eigenvalue weighted by atomic mass is 9.71. The van der Waals surface area contributed by atoms with Crippen LogP contribution in [-0.4, -0.2) is 54.0 Å². The average molecular weight is 396 g/mol. The molecule has 4 nitrogen and oxygen atoms in total. The van der Waals surface area contributed by atoms with E-state index in [0.29, 0.717) is 6.42 Å². The Morgan fingerprint density at radius 2 is 1.83 bits per heavy atom. The Hall–Kier alpha value is -1.39. The van der Waals surface area contributed by atoms with Gasteiger partial charge in [0.1, 0.15) is 0 Å². The first-order valence-corrected chi connectivity index (χ1v) is 12.1. The van der Waals surface area contributed by atoms with Crippen LogP contribution >= 0.6 is 0 Å². The molecular weight excluding hydrogens is 358 g/mol. The van der Waals surface area contributed by atoms with Crippen LogP contribution in [0.4, 0.5) is 5.69 Å². The number of carbonyl (C=O) groups is 1. The summed E-state index contributed by atoms with van der Waals surface area (Å²) >= 11 is 0. The van der Waals surface area contributed by atoms with Gasteiger partial charge in [-0.15, -0.1) is 0 Å². The summed E-state index contributed by atoms with van der Waals surface area (Å²) in [6.45, 7) is 8.17. The first kappa shape index (κ1) is 19.6. The van der Waals surface area contributed by atoms with Crippen LogP contribution in [0.1, 0.15) is 63.9 Å². The fourth-order valence-corrected chi connectivity index (χ4v) is 6.79. The van der Waals surface area contributed by atoms with Gasteiger partial charge in [-0.2, -0.15) is 0 Å². The minimum absolute atomic E-state index is 0.278. The number of fused-ring (bicyclic) bond motifs is 4. The monoisotopic (exact) mass is 395 g/mol. The van der Waals surface area contributed by atoms with E-state index >= 15 is 0 Å². The van der Waals surface area contributed by atoms with Gasteiger partial charge in [-0.3, -0.25) is 14.6 Å². The van der Waals surface area contributed by atoms with Crippen LogP contribution in [-0.2, 0) is 11.3 Å². The van der Waals surface area contributed by atoms with Gasteiger partial charge in [0.05, 0.1) is 0 Å². The van der Waals surface area contributed by atoms with Crippen LogP contribution in [0.25, 0.3) is 0 Å². The van der Waals surface area contributed by atoms with Crippen molar-refractivity contribution in [1.82, 2.24) is 9.80 Å². The largest absolute Gasteiger partial charge is 0.312 e. The molecule has 158 valence electrons. The predicted molar refractivity (Wildman–Crippen MR) is 118 cm³/mol. The minimum Gasteiger partial charge on any atom is -0.312 e. The van der Waals surface area contributed by atoms with Crippen LogP contribution in [0.5, 0.6) is 0 Å². The fraction of sp³-hybridized carbons (Fsp3) is 0.720. The number of nitrogens with zero attached hydrogens (tertiary/aromatic N) is 3. The Labute approximate surface area is 176 Å². The second kappa shape index (κ2) is 8.39. The lowest BCUT2D eigenvalue weighted by molar-refractivity contribution is -0.117. The van der Waals surface area contributed by atoms with Crippen molar-refractivity contribution >= 4 is 11.6 Å². The molecule has 0 radical (unpaired) electrons. The van der Waals surface area contributed by atoms with Gasteiger partial charge < -0.3 is 4.90 Å². The Morgan fingerprint density at radius 3 is 2.59 bits per heavy atom. The zero-order valence-corrected chi connectivity index (χ0v) is 18.1. The molecule has 0 unspecified atom stereocenters. The molecule has 1 aromatic rings. The van der Waals surface area contributed by atoms with E-state index in [1.165, 1.54) is 63.7 Å². The number of likely N-dealkylation sites (tertiary alicyclic amines) is 1. The molecule has 4 heterocycles. The standard InChI is InChI=1S/C25H37N3O/c1-2-6-23-20-15-21(24-7-3-4-13-28(23)24)18-26(17-20)16-19-9-11-22(12-10-19)27-14-5-8-25(27)29/h9-12,20-21,23-24H,2-8,13-18H2,1H3/t20-,21+,23-,24-/m0/s1. The van der Waals surface area contributed by atoms with Crippen LogP contribution in [0.15, 0.2) is 24.3 Å². The Bertz CT molecular complexity index is 717. The van der Waals surface area contributed by atoms with E-state index in [2.05, 4.69) is 41.0 Å². The molecule has 0 aromatic heterocycles. The molecule has 0 N–H and O–H groups in total. The van der Waals surface area contributed by atoms with Crippen molar-refractivity contribution in [2.24, 2.45) is 11.8 Å². The van der Waals surface area contributed by atoms with Gasteiger partial charge in [-0.05, 0) is 68.2 Å². The number of carbonyl (C=O) groups excluding carboxylic acids is 1. The third-order valence-electron chi connectivity index (χ3n) is 8.01. The number of hydrogen-bond donors (Lipinski definition) is 0. The van der Waals surface area contributed by atoms with E-state index in [0.717, 1.165) is 49.1 Å². The number of anilines is 1. The molecular formula is C25H37N3O. The van der Waals surface area contributed by atoms with E-state index in [9.17, 15) is 4.79 Å². The molecule has 29 heavy (non-hydrogen) atoms. The second-order valence-electron chi connectivity index (χ2n) is 9.92. The van der Waals surface area contributed by atoms with E-state index in [4.69, 9.17) is 0 Å². The molecule has 0 saturated carbocycles.